The Balaban J connectivity index is 1.64. The first kappa shape index (κ1) is 22.7. The number of esters is 1. The van der Waals surface area contributed by atoms with Crippen LogP contribution in [-0.2, 0) is 19.0 Å². The van der Waals surface area contributed by atoms with E-state index in [-0.39, 0.29) is 36.9 Å². The summed E-state index contributed by atoms with van der Waals surface area (Å²) in [6.45, 7) is 19.7. The zero-order valence-corrected chi connectivity index (χ0v) is 20.0. The fraction of sp³-hybridized carbons (Fsp3) is 0.615. The van der Waals surface area contributed by atoms with E-state index in [0.717, 1.165) is 12.0 Å². The molecule has 0 aromatic rings. The van der Waals surface area contributed by atoms with E-state index >= 15 is 0 Å². The van der Waals surface area contributed by atoms with Gasteiger partial charge in [0.15, 0.2) is 6.07 Å². The van der Waals surface area contributed by atoms with Crippen molar-refractivity contribution in [2.75, 3.05) is 6.61 Å². The maximum atomic E-state index is 13.2. The van der Waals surface area contributed by atoms with Crippen LogP contribution in [0.25, 0.3) is 4.85 Å². The number of carbonyl (C=O) groups excluding carboxylic acids is 2. The van der Waals surface area contributed by atoms with Crippen LogP contribution in [0.15, 0.2) is 36.0 Å². The predicted molar refractivity (Wildman–Crippen MR) is 121 cm³/mol. The van der Waals surface area contributed by atoms with Crippen molar-refractivity contribution in [3.8, 4) is 6.07 Å². The maximum absolute atomic E-state index is 13.2. The quantitative estimate of drug-likeness (QED) is 0.352. The van der Waals surface area contributed by atoms with Crippen molar-refractivity contribution < 1.29 is 23.8 Å². The molecule has 4 heterocycles. The highest BCUT2D eigenvalue weighted by molar-refractivity contribution is 5.89. The molecule has 1 aliphatic carbocycles. The molecule has 0 N–H and O–H groups in total. The fourth-order valence-electron chi connectivity index (χ4n) is 6.74. The maximum Gasteiger partial charge on any atom is 0.411 e. The number of fused-ring (bicyclic) bond motifs is 6. The number of nitriles is 1. The van der Waals surface area contributed by atoms with E-state index in [0.29, 0.717) is 12.0 Å². The molecular formula is C26H29N3O5. The van der Waals surface area contributed by atoms with Crippen LogP contribution in [-0.4, -0.2) is 58.0 Å². The van der Waals surface area contributed by atoms with E-state index in [4.69, 9.17) is 20.8 Å². The monoisotopic (exact) mass is 463 g/mol. The molecule has 1 saturated carbocycles. The minimum Gasteiger partial charge on any atom is -0.463 e. The van der Waals surface area contributed by atoms with Gasteiger partial charge >= 0.3 is 17.6 Å². The molecule has 3 fully saturated rings. The molecule has 0 aromatic carbocycles. The van der Waals surface area contributed by atoms with Crippen LogP contribution >= 0.6 is 0 Å². The van der Waals surface area contributed by atoms with Crippen molar-refractivity contribution in [2.45, 2.75) is 81.4 Å². The molecule has 8 nitrogen and oxygen atoms in total. The molecule has 34 heavy (non-hydrogen) atoms. The zero-order chi connectivity index (χ0) is 24.7. The minimum absolute atomic E-state index is 0.107. The van der Waals surface area contributed by atoms with Crippen LogP contribution < -0.4 is 0 Å². The topological polar surface area (TPSA) is 93.2 Å². The van der Waals surface area contributed by atoms with E-state index < -0.39 is 34.4 Å². The molecule has 4 bridgehead atoms. The van der Waals surface area contributed by atoms with Crippen molar-refractivity contribution in [1.82, 2.24) is 4.90 Å². The smallest absolute Gasteiger partial charge is 0.411 e. The average molecular weight is 464 g/mol. The summed E-state index contributed by atoms with van der Waals surface area (Å²) in [7, 11) is 0. The number of carbonyl (C=O) groups is 2. The van der Waals surface area contributed by atoms with Crippen molar-refractivity contribution in [3.05, 3.63) is 47.4 Å². The zero-order valence-electron chi connectivity index (χ0n) is 20.0. The average Bonchev–Trinajstić information content (AvgIpc) is 3.38. The van der Waals surface area contributed by atoms with Crippen LogP contribution in [0.3, 0.4) is 0 Å². The van der Waals surface area contributed by atoms with Gasteiger partial charge in [-0.3, -0.25) is 9.74 Å². The largest absolute Gasteiger partial charge is 0.463 e. The van der Waals surface area contributed by atoms with E-state index in [2.05, 4.69) is 17.5 Å². The highest BCUT2D eigenvalue weighted by Gasteiger charge is 2.75. The Kier molecular flexibility index (Phi) is 4.64. The molecule has 4 aliphatic heterocycles. The third-order valence-electron chi connectivity index (χ3n) is 7.88. The molecule has 0 radical (unpaired) electrons. The Hall–Kier alpha value is -3.10. The van der Waals surface area contributed by atoms with Gasteiger partial charge in [-0.25, -0.2) is 16.2 Å². The van der Waals surface area contributed by atoms with Crippen LogP contribution in [0.1, 0.15) is 47.0 Å². The van der Waals surface area contributed by atoms with Gasteiger partial charge in [0.1, 0.15) is 11.2 Å². The Morgan fingerprint density at radius 2 is 2.12 bits per heavy atom. The highest BCUT2D eigenvalue weighted by Crippen LogP contribution is 2.66. The van der Waals surface area contributed by atoms with Gasteiger partial charge in [0.2, 0.25) is 5.60 Å². The lowest BCUT2D eigenvalue weighted by molar-refractivity contribution is -0.165. The van der Waals surface area contributed by atoms with Gasteiger partial charge < -0.3 is 14.2 Å². The van der Waals surface area contributed by atoms with Crippen molar-refractivity contribution in [2.24, 2.45) is 11.8 Å². The molecule has 1 spiro atoms. The molecule has 7 atom stereocenters. The third kappa shape index (κ3) is 2.72. The summed E-state index contributed by atoms with van der Waals surface area (Å²) in [6, 6.07) is 1.75. The van der Waals surface area contributed by atoms with Crippen LogP contribution in [0.4, 0.5) is 4.79 Å². The lowest BCUT2D eigenvalue weighted by Crippen LogP contribution is -2.61. The molecule has 5 aliphatic rings. The summed E-state index contributed by atoms with van der Waals surface area (Å²) in [5, 5.41) is 10.3. The molecule has 4 unspecified atom stereocenters. The summed E-state index contributed by atoms with van der Waals surface area (Å²) < 4.78 is 17.5. The van der Waals surface area contributed by atoms with Crippen molar-refractivity contribution >= 4 is 12.1 Å². The van der Waals surface area contributed by atoms with Crippen LogP contribution in [0.5, 0.6) is 0 Å². The Morgan fingerprint density at radius 3 is 2.74 bits per heavy atom. The highest BCUT2D eigenvalue weighted by atomic mass is 16.6. The summed E-state index contributed by atoms with van der Waals surface area (Å²) in [4.78, 5) is 31.9. The van der Waals surface area contributed by atoms with Gasteiger partial charge in [-0.2, -0.15) is 5.26 Å². The minimum atomic E-state index is -1.44. The van der Waals surface area contributed by atoms with Gasteiger partial charge in [0, 0.05) is 23.5 Å². The number of nitrogens with zero attached hydrogens (tertiary/aromatic N) is 3. The van der Waals surface area contributed by atoms with Gasteiger partial charge in [0.25, 0.3) is 0 Å². The Bertz CT molecular complexity index is 1120. The summed E-state index contributed by atoms with van der Waals surface area (Å²) >= 11 is 0. The SMILES string of the molecule is [C-]#[N+]C1(C#N)CC23C=CC(C(=O)OCC)(O2)C(=C)[C@H]3[C@@H]2C1=CC1CC[C@@H]2N1C(=O)OC(C)(C)C. The van der Waals surface area contributed by atoms with Gasteiger partial charge in [-0.1, -0.05) is 18.7 Å². The molecule has 2 saturated heterocycles. The number of hydrogen-bond acceptors (Lipinski definition) is 6. The molecule has 0 aromatic heterocycles. The van der Waals surface area contributed by atoms with Gasteiger partial charge in [0.05, 0.1) is 19.1 Å². The number of hydrogen-bond donors (Lipinski definition) is 0. The molecule has 5 rings (SSSR count). The van der Waals surface area contributed by atoms with E-state index in [1.54, 1.807) is 17.9 Å². The van der Waals surface area contributed by atoms with Gasteiger partial charge in [-0.05, 0) is 52.2 Å². The second kappa shape index (κ2) is 6.96. The van der Waals surface area contributed by atoms with Crippen molar-refractivity contribution in [1.29, 1.82) is 5.26 Å². The molecule has 1 amide bonds. The number of ether oxygens (including phenoxy) is 3. The first-order chi connectivity index (χ1) is 16.0. The van der Waals surface area contributed by atoms with E-state index in [1.165, 1.54) is 0 Å². The number of amides is 1. The molecule has 8 heteroatoms. The second-order valence-electron chi connectivity index (χ2n) is 10.9. The first-order valence-electron chi connectivity index (χ1n) is 11.8. The second-order valence-corrected chi connectivity index (χ2v) is 10.9. The number of rotatable bonds is 2. The van der Waals surface area contributed by atoms with E-state index in [9.17, 15) is 14.9 Å². The molecular weight excluding hydrogens is 434 g/mol. The lowest BCUT2D eigenvalue weighted by Gasteiger charge is -2.51. The third-order valence-corrected chi connectivity index (χ3v) is 7.88. The standard InChI is InChI=1S/C26H29N3O5/c1-7-32-21(30)26-11-10-25(34-26)13-24(14-27,28-6)17-12-16-8-9-18(19(17)20(25)15(26)2)29(16)22(31)33-23(3,4)5/h10-12,16,18-20H,2,7-9,13H2,1,3-5H3/t16?,18-,19+,20-,24?,25?,26?/m0/s1. The van der Waals surface area contributed by atoms with Crippen LogP contribution in [0.2, 0.25) is 0 Å². The Morgan fingerprint density at radius 1 is 1.38 bits per heavy atom. The fourth-order valence-corrected chi connectivity index (χ4v) is 6.74. The summed E-state index contributed by atoms with van der Waals surface area (Å²) in [5.74, 6) is -1.30. The normalized spacial score (nSPS) is 41.2. The van der Waals surface area contributed by atoms with E-state index in [1.807, 2.05) is 32.9 Å². The Labute approximate surface area is 199 Å². The van der Waals surface area contributed by atoms with Gasteiger partial charge in [-0.15, -0.1) is 0 Å². The summed E-state index contributed by atoms with van der Waals surface area (Å²) in [5.41, 5.74) is -3.29. The van der Waals surface area contributed by atoms with Crippen molar-refractivity contribution in [3.63, 3.8) is 0 Å². The molecule has 178 valence electrons. The lowest BCUT2D eigenvalue weighted by atomic mass is 9.54. The predicted octanol–water partition coefficient (Wildman–Crippen LogP) is 3.71. The first-order valence-corrected chi connectivity index (χ1v) is 11.8. The summed E-state index contributed by atoms with van der Waals surface area (Å²) in [6.07, 6.45) is 6.51. The van der Waals surface area contributed by atoms with Crippen LogP contribution in [0, 0.1) is 29.7 Å².